The van der Waals surface area contributed by atoms with Gasteiger partial charge in [-0.05, 0) is 36.4 Å². The maximum absolute atomic E-state index is 14.7. The predicted octanol–water partition coefficient (Wildman–Crippen LogP) is 3.50. The number of pyridine rings is 2. The predicted molar refractivity (Wildman–Crippen MR) is 114 cm³/mol. The van der Waals surface area contributed by atoms with Gasteiger partial charge in [-0.25, -0.2) is 19.1 Å². The Kier molecular flexibility index (Phi) is 4.91. The topological polar surface area (TPSA) is 96.5 Å². The molecule has 8 nitrogen and oxygen atoms in total. The van der Waals surface area contributed by atoms with E-state index in [1.165, 1.54) is 27.9 Å². The Morgan fingerprint density at radius 2 is 1.97 bits per heavy atom. The van der Waals surface area contributed by atoms with Crippen LogP contribution in [0.1, 0.15) is 34.1 Å². The van der Waals surface area contributed by atoms with Gasteiger partial charge >= 0.3 is 0 Å². The van der Waals surface area contributed by atoms with Crippen molar-refractivity contribution in [3.8, 4) is 11.6 Å². The van der Waals surface area contributed by atoms with Crippen molar-refractivity contribution < 1.29 is 14.3 Å². The standard InChI is InChI=1S/C23H17FN6O2/c24-16-6-3-7-20(31)22(16)19-13-18(15-5-4-10-25-14-15)28-30(19)23(32)17-9-12-29(27-17)21-8-1-2-11-26-21/h1-12,14,19,31H,13H2. The number of hydrogen-bond acceptors (Lipinski definition) is 6. The molecule has 0 spiro atoms. The Bertz CT molecular complexity index is 1290. The zero-order valence-electron chi connectivity index (χ0n) is 16.7. The van der Waals surface area contributed by atoms with Gasteiger partial charge in [0.15, 0.2) is 11.5 Å². The van der Waals surface area contributed by atoms with Crippen LogP contribution >= 0.6 is 0 Å². The Labute approximate surface area is 182 Å². The molecule has 5 rings (SSSR count). The third kappa shape index (κ3) is 3.49. The summed E-state index contributed by atoms with van der Waals surface area (Å²) >= 11 is 0. The molecule has 0 saturated carbocycles. The van der Waals surface area contributed by atoms with Gasteiger partial charge < -0.3 is 5.11 Å². The second-order valence-corrected chi connectivity index (χ2v) is 7.16. The van der Waals surface area contributed by atoms with Crippen LogP contribution in [0.25, 0.3) is 5.82 Å². The molecule has 32 heavy (non-hydrogen) atoms. The third-order valence-electron chi connectivity index (χ3n) is 5.17. The van der Waals surface area contributed by atoms with Crippen LogP contribution in [0.3, 0.4) is 0 Å². The summed E-state index contributed by atoms with van der Waals surface area (Å²) in [5.41, 5.74) is 1.39. The molecule has 1 amide bonds. The van der Waals surface area contributed by atoms with Gasteiger partial charge in [0.25, 0.3) is 5.91 Å². The maximum Gasteiger partial charge on any atom is 0.295 e. The summed E-state index contributed by atoms with van der Waals surface area (Å²) in [6.45, 7) is 0. The van der Waals surface area contributed by atoms with E-state index in [9.17, 15) is 14.3 Å². The molecule has 9 heteroatoms. The Morgan fingerprint density at radius 1 is 1.06 bits per heavy atom. The number of nitrogens with zero attached hydrogens (tertiary/aromatic N) is 6. The van der Waals surface area contributed by atoms with Crippen molar-refractivity contribution >= 4 is 11.6 Å². The number of rotatable bonds is 4. The molecule has 1 aliphatic rings. The van der Waals surface area contributed by atoms with Crippen LogP contribution in [-0.4, -0.2) is 41.5 Å². The summed E-state index contributed by atoms with van der Waals surface area (Å²) in [7, 11) is 0. The SMILES string of the molecule is O=C(c1ccn(-c2ccccn2)n1)N1N=C(c2cccnc2)CC1c1c(O)cccc1F. The lowest BCUT2D eigenvalue weighted by atomic mass is 9.97. The number of hydrogen-bond donors (Lipinski definition) is 1. The Morgan fingerprint density at radius 3 is 2.72 bits per heavy atom. The molecule has 1 aliphatic heterocycles. The van der Waals surface area contributed by atoms with E-state index < -0.39 is 17.8 Å². The van der Waals surface area contributed by atoms with E-state index in [1.807, 2.05) is 12.1 Å². The van der Waals surface area contributed by atoms with Gasteiger partial charge in [0, 0.05) is 36.8 Å². The van der Waals surface area contributed by atoms with Crippen LogP contribution in [0, 0.1) is 5.82 Å². The first-order valence-corrected chi connectivity index (χ1v) is 9.87. The lowest BCUT2D eigenvalue weighted by molar-refractivity contribution is 0.0700. The fraction of sp³-hybridized carbons (Fsp3) is 0.0870. The molecule has 3 aromatic heterocycles. The Hall–Kier alpha value is -4.40. The van der Waals surface area contributed by atoms with E-state index in [0.29, 0.717) is 17.1 Å². The van der Waals surface area contributed by atoms with Crippen LogP contribution < -0.4 is 0 Å². The van der Waals surface area contributed by atoms with Crippen LogP contribution in [0.4, 0.5) is 4.39 Å². The van der Waals surface area contributed by atoms with E-state index in [-0.39, 0.29) is 23.4 Å². The van der Waals surface area contributed by atoms with E-state index in [4.69, 9.17) is 0 Å². The number of phenols is 1. The second-order valence-electron chi connectivity index (χ2n) is 7.16. The molecule has 4 heterocycles. The number of carbonyl (C=O) groups excluding carboxylic acids is 1. The number of aromatic nitrogens is 4. The first-order valence-electron chi connectivity index (χ1n) is 9.87. The summed E-state index contributed by atoms with van der Waals surface area (Å²) in [6, 6.07) is 13.7. The fourth-order valence-corrected chi connectivity index (χ4v) is 3.66. The average molecular weight is 428 g/mol. The van der Waals surface area contributed by atoms with Crippen molar-refractivity contribution in [2.45, 2.75) is 12.5 Å². The number of carbonyl (C=O) groups is 1. The van der Waals surface area contributed by atoms with Gasteiger partial charge in [-0.15, -0.1) is 0 Å². The highest BCUT2D eigenvalue weighted by Crippen LogP contribution is 2.39. The summed E-state index contributed by atoms with van der Waals surface area (Å²) in [5.74, 6) is -0.828. The molecule has 1 unspecified atom stereocenters. The van der Waals surface area contributed by atoms with Crippen molar-refractivity contribution in [1.82, 2.24) is 24.8 Å². The zero-order valence-corrected chi connectivity index (χ0v) is 16.7. The van der Waals surface area contributed by atoms with Crippen molar-refractivity contribution in [2.24, 2.45) is 5.10 Å². The molecule has 1 N–H and O–H groups in total. The van der Waals surface area contributed by atoms with Crippen molar-refractivity contribution in [3.63, 3.8) is 0 Å². The number of aromatic hydroxyl groups is 1. The third-order valence-corrected chi connectivity index (χ3v) is 5.17. The van der Waals surface area contributed by atoms with Gasteiger partial charge in [0.05, 0.1) is 17.3 Å². The molecule has 0 radical (unpaired) electrons. The molecular weight excluding hydrogens is 411 g/mol. The minimum Gasteiger partial charge on any atom is -0.507 e. The molecule has 0 saturated heterocycles. The summed E-state index contributed by atoms with van der Waals surface area (Å²) in [6.07, 6.45) is 6.72. The molecule has 158 valence electrons. The highest BCUT2D eigenvalue weighted by Gasteiger charge is 2.37. The Balaban J connectivity index is 1.54. The number of phenolic OH excluding ortho intramolecular Hbond substituents is 1. The van der Waals surface area contributed by atoms with Crippen LogP contribution in [0.5, 0.6) is 5.75 Å². The molecular formula is C23H17FN6O2. The van der Waals surface area contributed by atoms with E-state index in [2.05, 4.69) is 20.2 Å². The maximum atomic E-state index is 14.7. The largest absolute Gasteiger partial charge is 0.507 e. The lowest BCUT2D eigenvalue weighted by Crippen LogP contribution is -2.28. The highest BCUT2D eigenvalue weighted by atomic mass is 19.1. The molecule has 0 aliphatic carbocycles. The highest BCUT2D eigenvalue weighted by molar-refractivity contribution is 6.04. The first-order chi connectivity index (χ1) is 15.6. The molecule has 0 bridgehead atoms. The van der Waals surface area contributed by atoms with Crippen molar-refractivity contribution in [2.75, 3.05) is 0 Å². The quantitative estimate of drug-likeness (QED) is 0.537. The minimum atomic E-state index is -0.834. The first kappa shape index (κ1) is 19.6. The van der Waals surface area contributed by atoms with E-state index in [0.717, 1.165) is 0 Å². The number of benzene rings is 1. The summed E-state index contributed by atoms with van der Waals surface area (Å²) in [5, 5.41) is 20.3. The van der Waals surface area contributed by atoms with Crippen LogP contribution in [0.15, 0.2) is 84.5 Å². The summed E-state index contributed by atoms with van der Waals surface area (Å²) < 4.78 is 16.2. The van der Waals surface area contributed by atoms with E-state index in [1.54, 1.807) is 49.1 Å². The fourth-order valence-electron chi connectivity index (χ4n) is 3.66. The molecule has 1 aromatic carbocycles. The smallest absolute Gasteiger partial charge is 0.295 e. The van der Waals surface area contributed by atoms with Gasteiger partial charge in [-0.3, -0.25) is 9.78 Å². The molecule has 0 fully saturated rings. The minimum absolute atomic E-state index is 0.00708. The van der Waals surface area contributed by atoms with Crippen molar-refractivity contribution in [1.29, 1.82) is 0 Å². The van der Waals surface area contributed by atoms with Gasteiger partial charge in [0.2, 0.25) is 0 Å². The number of amides is 1. The monoisotopic (exact) mass is 428 g/mol. The van der Waals surface area contributed by atoms with Gasteiger partial charge in [-0.1, -0.05) is 18.2 Å². The van der Waals surface area contributed by atoms with Gasteiger partial charge in [-0.2, -0.15) is 10.2 Å². The number of halogens is 1. The van der Waals surface area contributed by atoms with Gasteiger partial charge in [0.1, 0.15) is 11.6 Å². The van der Waals surface area contributed by atoms with Crippen LogP contribution in [-0.2, 0) is 0 Å². The second kappa shape index (κ2) is 8.03. The number of hydrazone groups is 1. The lowest BCUT2D eigenvalue weighted by Gasteiger charge is -2.22. The average Bonchev–Trinajstić information content (AvgIpc) is 3.48. The zero-order chi connectivity index (χ0) is 22.1. The van der Waals surface area contributed by atoms with Crippen molar-refractivity contribution in [3.05, 3.63) is 102 Å². The van der Waals surface area contributed by atoms with E-state index >= 15 is 0 Å². The molecule has 4 aromatic rings. The normalized spacial score (nSPS) is 15.6. The molecule has 1 atom stereocenters. The summed E-state index contributed by atoms with van der Waals surface area (Å²) in [4.78, 5) is 21.7. The van der Waals surface area contributed by atoms with Crippen LogP contribution in [0.2, 0.25) is 0 Å².